The highest BCUT2D eigenvalue weighted by Gasteiger charge is 2.15. The molecule has 0 heterocycles. The monoisotopic (exact) mass is 298 g/mol. The van der Waals surface area contributed by atoms with Crippen LogP contribution < -0.4 is 4.74 Å². The van der Waals surface area contributed by atoms with Gasteiger partial charge in [-0.15, -0.1) is 0 Å². The predicted molar refractivity (Wildman–Crippen MR) is 72.8 cm³/mol. The zero-order chi connectivity index (χ0) is 14.0. The maximum Gasteiger partial charge on any atom is 0.196 e. The molecule has 2 nitrogen and oxygen atoms in total. The summed E-state index contributed by atoms with van der Waals surface area (Å²) in [4.78, 5) is 12.1. The lowest BCUT2D eigenvalue weighted by Crippen LogP contribution is -2.04. The molecule has 0 bridgehead atoms. The summed E-state index contributed by atoms with van der Waals surface area (Å²) in [7, 11) is 1.47. The first-order chi connectivity index (χ1) is 9.02. The molecule has 0 aromatic heterocycles. The van der Waals surface area contributed by atoms with Gasteiger partial charge in [0.1, 0.15) is 11.6 Å². The summed E-state index contributed by atoms with van der Waals surface area (Å²) in [5.74, 6) is -0.669. The SMILES string of the molecule is COc1ccc(C(=O)c2ccc(Cl)cc2F)cc1Cl. The highest BCUT2D eigenvalue weighted by Crippen LogP contribution is 2.26. The molecule has 0 spiro atoms. The van der Waals surface area contributed by atoms with Gasteiger partial charge >= 0.3 is 0 Å². The van der Waals surface area contributed by atoms with Crippen molar-refractivity contribution in [3.63, 3.8) is 0 Å². The van der Waals surface area contributed by atoms with E-state index in [0.29, 0.717) is 10.8 Å². The molecule has 19 heavy (non-hydrogen) atoms. The van der Waals surface area contributed by atoms with Gasteiger partial charge in [-0.2, -0.15) is 0 Å². The van der Waals surface area contributed by atoms with Crippen molar-refractivity contribution >= 4 is 29.0 Å². The molecular weight excluding hydrogens is 290 g/mol. The molecule has 2 rings (SSSR count). The first-order valence-corrected chi connectivity index (χ1v) is 6.12. The quantitative estimate of drug-likeness (QED) is 0.787. The van der Waals surface area contributed by atoms with Crippen LogP contribution in [-0.2, 0) is 0 Å². The van der Waals surface area contributed by atoms with E-state index in [4.69, 9.17) is 27.9 Å². The van der Waals surface area contributed by atoms with Crippen molar-refractivity contribution < 1.29 is 13.9 Å². The van der Waals surface area contributed by atoms with Crippen molar-refractivity contribution in [1.29, 1.82) is 0 Å². The number of carbonyl (C=O) groups is 1. The molecule has 0 aliphatic carbocycles. The lowest BCUT2D eigenvalue weighted by atomic mass is 10.0. The largest absolute Gasteiger partial charge is 0.495 e. The maximum atomic E-state index is 13.7. The first-order valence-electron chi connectivity index (χ1n) is 5.36. The van der Waals surface area contributed by atoms with Crippen molar-refractivity contribution in [1.82, 2.24) is 0 Å². The van der Waals surface area contributed by atoms with Crippen LogP contribution in [0.4, 0.5) is 4.39 Å². The van der Waals surface area contributed by atoms with Crippen LogP contribution >= 0.6 is 23.2 Å². The molecule has 0 unspecified atom stereocenters. The molecule has 0 saturated heterocycles. The summed E-state index contributed by atoms with van der Waals surface area (Å²) in [6, 6.07) is 8.43. The lowest BCUT2D eigenvalue weighted by Gasteiger charge is -2.06. The molecule has 0 N–H and O–H groups in total. The van der Waals surface area contributed by atoms with Crippen LogP contribution in [-0.4, -0.2) is 12.9 Å². The Labute approximate surface area is 119 Å². The van der Waals surface area contributed by atoms with Gasteiger partial charge in [0.05, 0.1) is 17.7 Å². The summed E-state index contributed by atoms with van der Waals surface area (Å²) in [5, 5.41) is 0.532. The third kappa shape index (κ3) is 2.88. The van der Waals surface area contributed by atoms with E-state index >= 15 is 0 Å². The Morgan fingerprint density at radius 2 is 1.89 bits per heavy atom. The fourth-order valence-corrected chi connectivity index (χ4v) is 2.05. The third-order valence-electron chi connectivity index (χ3n) is 2.59. The number of ether oxygens (including phenoxy) is 1. The van der Waals surface area contributed by atoms with E-state index in [1.807, 2.05) is 0 Å². The molecule has 5 heteroatoms. The van der Waals surface area contributed by atoms with Gasteiger partial charge in [0.2, 0.25) is 0 Å². The number of hydrogen-bond acceptors (Lipinski definition) is 2. The minimum atomic E-state index is -0.663. The highest BCUT2D eigenvalue weighted by atomic mass is 35.5. The fraction of sp³-hybridized carbons (Fsp3) is 0.0714. The molecule has 0 amide bonds. The van der Waals surface area contributed by atoms with Crippen LogP contribution in [0.1, 0.15) is 15.9 Å². The molecular formula is C14H9Cl2FO2. The second-order valence-electron chi connectivity index (χ2n) is 3.80. The van der Waals surface area contributed by atoms with Gasteiger partial charge in [-0.25, -0.2) is 4.39 Å². The smallest absolute Gasteiger partial charge is 0.196 e. The molecule has 2 aromatic rings. The van der Waals surface area contributed by atoms with E-state index in [1.165, 1.54) is 31.4 Å². The van der Waals surface area contributed by atoms with Gasteiger partial charge < -0.3 is 4.74 Å². The standard InChI is InChI=1S/C14H9Cl2FO2/c1-19-13-5-2-8(6-11(13)16)14(18)10-4-3-9(15)7-12(10)17/h2-7H,1H3. The molecule has 0 fully saturated rings. The molecule has 0 radical (unpaired) electrons. The Bertz CT molecular complexity index is 641. The molecule has 2 aromatic carbocycles. The normalized spacial score (nSPS) is 10.3. The number of carbonyl (C=O) groups excluding carboxylic acids is 1. The average Bonchev–Trinajstić information content (AvgIpc) is 2.38. The van der Waals surface area contributed by atoms with E-state index < -0.39 is 11.6 Å². The Kier molecular flexibility index (Phi) is 4.08. The van der Waals surface area contributed by atoms with Crippen LogP contribution in [0.5, 0.6) is 5.75 Å². The van der Waals surface area contributed by atoms with Gasteiger partial charge in [0.15, 0.2) is 5.78 Å². The van der Waals surface area contributed by atoms with Gasteiger partial charge in [0, 0.05) is 10.6 Å². The van der Waals surface area contributed by atoms with Crippen LogP contribution in [0.2, 0.25) is 10.0 Å². The maximum absolute atomic E-state index is 13.7. The summed E-state index contributed by atoms with van der Waals surface area (Å²) < 4.78 is 18.7. The Morgan fingerprint density at radius 1 is 1.16 bits per heavy atom. The van der Waals surface area contributed by atoms with E-state index in [-0.39, 0.29) is 16.1 Å². The van der Waals surface area contributed by atoms with Crippen LogP contribution in [0.25, 0.3) is 0 Å². The second-order valence-corrected chi connectivity index (χ2v) is 4.65. The molecule has 98 valence electrons. The van der Waals surface area contributed by atoms with Crippen molar-refractivity contribution in [3.8, 4) is 5.75 Å². The van der Waals surface area contributed by atoms with Gasteiger partial charge in [-0.1, -0.05) is 23.2 Å². The van der Waals surface area contributed by atoms with Gasteiger partial charge in [-0.05, 0) is 36.4 Å². The molecule has 0 aliphatic heterocycles. The summed E-state index contributed by atoms with van der Waals surface area (Å²) >= 11 is 11.6. The second kappa shape index (κ2) is 5.59. The zero-order valence-electron chi connectivity index (χ0n) is 9.91. The summed E-state index contributed by atoms with van der Waals surface area (Å²) in [6.45, 7) is 0. The van der Waals surface area contributed by atoms with Crippen molar-refractivity contribution in [2.75, 3.05) is 7.11 Å². The van der Waals surface area contributed by atoms with Crippen LogP contribution in [0.15, 0.2) is 36.4 Å². The van der Waals surface area contributed by atoms with E-state index in [1.54, 1.807) is 6.07 Å². The number of methoxy groups -OCH3 is 1. The van der Waals surface area contributed by atoms with Crippen LogP contribution in [0, 0.1) is 5.82 Å². The minimum absolute atomic E-state index is 0.0503. The Morgan fingerprint density at radius 3 is 2.47 bits per heavy atom. The average molecular weight is 299 g/mol. The fourth-order valence-electron chi connectivity index (χ4n) is 1.64. The zero-order valence-corrected chi connectivity index (χ0v) is 11.4. The molecule has 0 atom stereocenters. The number of hydrogen-bond donors (Lipinski definition) is 0. The predicted octanol–water partition coefficient (Wildman–Crippen LogP) is 4.37. The van der Waals surface area contributed by atoms with Crippen molar-refractivity contribution in [2.45, 2.75) is 0 Å². The molecule has 0 saturated carbocycles. The van der Waals surface area contributed by atoms with Crippen molar-refractivity contribution in [2.24, 2.45) is 0 Å². The molecule has 0 aliphatic rings. The van der Waals surface area contributed by atoms with Crippen molar-refractivity contribution in [3.05, 3.63) is 63.4 Å². The summed E-state index contributed by atoms with van der Waals surface area (Å²) in [5.41, 5.74) is 0.234. The minimum Gasteiger partial charge on any atom is -0.495 e. The van der Waals surface area contributed by atoms with Gasteiger partial charge in [-0.3, -0.25) is 4.79 Å². The topological polar surface area (TPSA) is 26.3 Å². The van der Waals surface area contributed by atoms with Gasteiger partial charge in [0.25, 0.3) is 0 Å². The number of rotatable bonds is 3. The Balaban J connectivity index is 2.41. The summed E-state index contributed by atoms with van der Waals surface area (Å²) in [6.07, 6.45) is 0. The van der Waals surface area contributed by atoms with E-state index in [2.05, 4.69) is 0 Å². The number of halogens is 3. The highest BCUT2D eigenvalue weighted by molar-refractivity contribution is 6.32. The number of benzene rings is 2. The lowest BCUT2D eigenvalue weighted by molar-refractivity contribution is 0.103. The van der Waals surface area contributed by atoms with E-state index in [9.17, 15) is 9.18 Å². The first kappa shape index (κ1) is 13.8. The third-order valence-corrected chi connectivity index (χ3v) is 3.12. The van der Waals surface area contributed by atoms with E-state index in [0.717, 1.165) is 6.07 Å². The number of ketones is 1. The van der Waals surface area contributed by atoms with Crippen LogP contribution in [0.3, 0.4) is 0 Å². The Hall–Kier alpha value is -1.58.